The smallest absolute Gasteiger partial charge is 0.313 e. The van der Waals surface area contributed by atoms with Crippen molar-refractivity contribution in [3.63, 3.8) is 0 Å². The molecule has 3 amide bonds. The van der Waals surface area contributed by atoms with Crippen LogP contribution in [0.5, 0.6) is 0 Å². The molecule has 0 radical (unpaired) electrons. The van der Waals surface area contributed by atoms with Gasteiger partial charge in [-0.25, -0.2) is 0 Å². The van der Waals surface area contributed by atoms with Crippen LogP contribution in [0, 0.1) is 0 Å². The monoisotopic (exact) mass is 331 g/mol. The van der Waals surface area contributed by atoms with E-state index >= 15 is 0 Å². The summed E-state index contributed by atoms with van der Waals surface area (Å²) in [6.07, 6.45) is 0. The summed E-state index contributed by atoms with van der Waals surface area (Å²) in [5.41, 5.74) is 0.638. The van der Waals surface area contributed by atoms with Gasteiger partial charge in [0.2, 0.25) is 0 Å². The number of para-hydroxylation sites is 1. The van der Waals surface area contributed by atoms with Gasteiger partial charge in [0.15, 0.2) is 0 Å². The minimum atomic E-state index is -0.805. The molecule has 0 saturated carbocycles. The van der Waals surface area contributed by atoms with E-state index in [0.29, 0.717) is 17.8 Å². The Labute approximate surface area is 138 Å². The maximum atomic E-state index is 12.1. The molecular formula is C16H17N3O3S. The molecule has 0 unspecified atom stereocenters. The first-order valence-corrected chi connectivity index (χ1v) is 7.79. The minimum Gasteiger partial charge on any atom is -0.345 e. The van der Waals surface area contributed by atoms with Crippen LogP contribution in [0.1, 0.15) is 15.2 Å². The largest absolute Gasteiger partial charge is 0.345 e. The van der Waals surface area contributed by atoms with Gasteiger partial charge in [-0.05, 0) is 23.6 Å². The minimum absolute atomic E-state index is 0.250. The second kappa shape index (κ2) is 7.55. The molecule has 2 aromatic rings. The van der Waals surface area contributed by atoms with Crippen LogP contribution in [0.25, 0.3) is 0 Å². The average molecular weight is 331 g/mol. The zero-order valence-electron chi connectivity index (χ0n) is 12.8. The molecule has 2 N–H and O–H groups in total. The lowest BCUT2D eigenvalue weighted by Crippen LogP contribution is -2.35. The van der Waals surface area contributed by atoms with Crippen LogP contribution < -0.4 is 10.6 Å². The Morgan fingerprint density at radius 2 is 1.78 bits per heavy atom. The fraction of sp³-hybridized carbons (Fsp3) is 0.188. The molecule has 1 aromatic heterocycles. The molecule has 7 heteroatoms. The van der Waals surface area contributed by atoms with Crippen LogP contribution >= 0.6 is 11.3 Å². The number of hydrogen-bond acceptors (Lipinski definition) is 4. The topological polar surface area (TPSA) is 78.5 Å². The molecule has 0 spiro atoms. The van der Waals surface area contributed by atoms with Crippen molar-refractivity contribution >= 4 is 34.7 Å². The van der Waals surface area contributed by atoms with Gasteiger partial charge in [0, 0.05) is 19.0 Å². The molecular weight excluding hydrogens is 314 g/mol. The predicted octanol–water partition coefficient (Wildman–Crippen LogP) is 1.70. The second-order valence-electron chi connectivity index (χ2n) is 4.96. The van der Waals surface area contributed by atoms with Gasteiger partial charge in [-0.1, -0.05) is 18.2 Å². The van der Waals surface area contributed by atoms with Gasteiger partial charge in [-0.15, -0.1) is 11.3 Å². The Kier molecular flexibility index (Phi) is 5.48. The number of benzene rings is 1. The van der Waals surface area contributed by atoms with E-state index in [1.165, 1.54) is 16.2 Å². The lowest BCUT2D eigenvalue weighted by molar-refractivity contribution is -0.136. The molecule has 0 bridgehead atoms. The SMILES string of the molecule is CN(C)C(=O)c1ccccc1NC(=O)C(=O)NCc1cccs1. The predicted molar refractivity (Wildman–Crippen MR) is 89.3 cm³/mol. The number of thiophene rings is 1. The highest BCUT2D eigenvalue weighted by Crippen LogP contribution is 2.16. The maximum Gasteiger partial charge on any atom is 0.313 e. The zero-order chi connectivity index (χ0) is 16.8. The lowest BCUT2D eigenvalue weighted by Gasteiger charge is -2.14. The van der Waals surface area contributed by atoms with Gasteiger partial charge in [0.25, 0.3) is 5.91 Å². The molecule has 2 rings (SSSR count). The van der Waals surface area contributed by atoms with Gasteiger partial charge < -0.3 is 15.5 Å². The van der Waals surface area contributed by atoms with Crippen LogP contribution in [0.4, 0.5) is 5.69 Å². The standard InChI is InChI=1S/C16H17N3O3S/c1-19(2)16(22)12-7-3-4-8-13(12)18-15(21)14(20)17-10-11-6-5-9-23-11/h3-9H,10H2,1-2H3,(H,17,20)(H,18,21). The zero-order valence-corrected chi connectivity index (χ0v) is 13.6. The summed E-state index contributed by atoms with van der Waals surface area (Å²) in [6, 6.07) is 10.3. The number of carbonyl (C=O) groups excluding carboxylic acids is 3. The highest BCUT2D eigenvalue weighted by Gasteiger charge is 2.18. The van der Waals surface area contributed by atoms with E-state index in [4.69, 9.17) is 0 Å². The fourth-order valence-electron chi connectivity index (χ4n) is 1.86. The van der Waals surface area contributed by atoms with Crippen molar-refractivity contribution in [2.45, 2.75) is 6.54 Å². The van der Waals surface area contributed by atoms with Gasteiger partial charge in [0.05, 0.1) is 17.8 Å². The molecule has 0 atom stereocenters. The Hall–Kier alpha value is -2.67. The Morgan fingerprint density at radius 1 is 1.04 bits per heavy atom. The van der Waals surface area contributed by atoms with Crippen LogP contribution in [0.15, 0.2) is 41.8 Å². The fourth-order valence-corrected chi connectivity index (χ4v) is 2.50. The summed E-state index contributed by atoms with van der Waals surface area (Å²) in [5.74, 6) is -1.80. The summed E-state index contributed by atoms with van der Waals surface area (Å²) in [5, 5.41) is 6.92. The van der Waals surface area contributed by atoms with Crippen molar-refractivity contribution < 1.29 is 14.4 Å². The summed E-state index contributed by atoms with van der Waals surface area (Å²) in [6.45, 7) is 0.294. The quantitative estimate of drug-likeness (QED) is 0.837. The van der Waals surface area contributed by atoms with Crippen LogP contribution in [0.2, 0.25) is 0 Å². The average Bonchev–Trinajstić information content (AvgIpc) is 3.05. The summed E-state index contributed by atoms with van der Waals surface area (Å²) in [4.78, 5) is 38.2. The van der Waals surface area contributed by atoms with Crippen molar-refractivity contribution in [2.24, 2.45) is 0 Å². The van der Waals surface area contributed by atoms with E-state index in [9.17, 15) is 14.4 Å². The third-order valence-corrected chi connectivity index (χ3v) is 3.90. The molecule has 0 fully saturated rings. The van der Waals surface area contributed by atoms with Gasteiger partial charge in [-0.3, -0.25) is 14.4 Å². The Balaban J connectivity index is 2.02. The molecule has 1 heterocycles. The second-order valence-corrected chi connectivity index (χ2v) is 5.99. The first-order valence-electron chi connectivity index (χ1n) is 6.91. The molecule has 0 aliphatic heterocycles. The van der Waals surface area contributed by atoms with Gasteiger partial charge in [0.1, 0.15) is 0 Å². The molecule has 1 aromatic carbocycles. The van der Waals surface area contributed by atoms with Crippen molar-refractivity contribution in [3.05, 3.63) is 52.2 Å². The number of anilines is 1. The van der Waals surface area contributed by atoms with E-state index in [-0.39, 0.29) is 5.91 Å². The summed E-state index contributed by atoms with van der Waals surface area (Å²) < 4.78 is 0. The molecule has 6 nitrogen and oxygen atoms in total. The number of hydrogen-bond donors (Lipinski definition) is 2. The highest BCUT2D eigenvalue weighted by molar-refractivity contribution is 7.09. The molecule has 0 aliphatic rings. The normalized spacial score (nSPS) is 10.0. The van der Waals surface area contributed by atoms with E-state index in [1.807, 2.05) is 17.5 Å². The number of carbonyl (C=O) groups is 3. The van der Waals surface area contributed by atoms with Crippen molar-refractivity contribution in [2.75, 3.05) is 19.4 Å². The van der Waals surface area contributed by atoms with E-state index < -0.39 is 11.8 Å². The lowest BCUT2D eigenvalue weighted by atomic mass is 10.1. The summed E-state index contributed by atoms with van der Waals surface area (Å²) in [7, 11) is 3.24. The van der Waals surface area contributed by atoms with Crippen LogP contribution in [-0.2, 0) is 16.1 Å². The van der Waals surface area contributed by atoms with Gasteiger partial charge in [-0.2, -0.15) is 0 Å². The Bertz CT molecular complexity index is 711. The van der Waals surface area contributed by atoms with Gasteiger partial charge >= 0.3 is 11.8 Å². The number of rotatable bonds is 4. The number of nitrogens with zero attached hydrogens (tertiary/aromatic N) is 1. The van der Waals surface area contributed by atoms with Crippen molar-refractivity contribution in [1.82, 2.24) is 10.2 Å². The first-order chi connectivity index (χ1) is 11.0. The third-order valence-electron chi connectivity index (χ3n) is 3.02. The number of nitrogens with one attached hydrogen (secondary N) is 2. The molecule has 120 valence electrons. The van der Waals surface area contributed by atoms with E-state index in [1.54, 1.807) is 38.4 Å². The highest BCUT2D eigenvalue weighted by atomic mass is 32.1. The maximum absolute atomic E-state index is 12.1. The van der Waals surface area contributed by atoms with E-state index in [2.05, 4.69) is 10.6 Å². The number of amides is 3. The third kappa shape index (κ3) is 4.40. The summed E-state index contributed by atoms with van der Waals surface area (Å²) >= 11 is 1.49. The Morgan fingerprint density at radius 3 is 2.43 bits per heavy atom. The molecule has 0 saturated heterocycles. The molecule has 0 aliphatic carbocycles. The van der Waals surface area contributed by atoms with Crippen molar-refractivity contribution in [1.29, 1.82) is 0 Å². The molecule has 23 heavy (non-hydrogen) atoms. The van der Waals surface area contributed by atoms with Crippen LogP contribution in [0.3, 0.4) is 0 Å². The first kappa shape index (κ1) is 16.7. The van der Waals surface area contributed by atoms with Crippen molar-refractivity contribution in [3.8, 4) is 0 Å². The van der Waals surface area contributed by atoms with E-state index in [0.717, 1.165) is 4.88 Å². The van der Waals surface area contributed by atoms with Crippen LogP contribution in [-0.4, -0.2) is 36.7 Å².